The van der Waals surface area contributed by atoms with Crippen molar-refractivity contribution in [2.75, 3.05) is 13.2 Å². The average Bonchev–Trinajstić information content (AvgIpc) is 2.79. The zero-order valence-electron chi connectivity index (χ0n) is 10.7. The number of nitrogens with zero attached hydrogens (tertiary/aromatic N) is 1. The zero-order chi connectivity index (χ0) is 13.7. The molecule has 1 saturated heterocycles. The van der Waals surface area contributed by atoms with E-state index in [-0.39, 0.29) is 25.8 Å². The highest BCUT2D eigenvalue weighted by Crippen LogP contribution is 2.21. The lowest BCUT2D eigenvalue weighted by Crippen LogP contribution is -2.36. The number of ether oxygens (including phenoxy) is 1. The summed E-state index contributed by atoms with van der Waals surface area (Å²) in [6.45, 7) is 0.496. The minimum atomic E-state index is -0.527. The van der Waals surface area contributed by atoms with Gasteiger partial charge in [-0.05, 0) is 18.4 Å². The first-order valence-corrected chi connectivity index (χ1v) is 6.47. The molecule has 2 N–H and O–H groups in total. The smallest absolute Gasteiger partial charge is 0.410 e. The van der Waals surface area contributed by atoms with Gasteiger partial charge in [-0.25, -0.2) is 4.79 Å². The summed E-state index contributed by atoms with van der Waals surface area (Å²) in [5.41, 5.74) is 0.925. The normalized spacial score (nSPS) is 22.5. The molecule has 1 aliphatic heterocycles. The van der Waals surface area contributed by atoms with Crippen LogP contribution in [0.4, 0.5) is 4.79 Å². The third-order valence-electron chi connectivity index (χ3n) is 3.29. The van der Waals surface area contributed by atoms with E-state index in [4.69, 9.17) is 9.84 Å². The van der Waals surface area contributed by atoms with Crippen LogP contribution in [0.5, 0.6) is 0 Å². The molecule has 5 heteroatoms. The van der Waals surface area contributed by atoms with Crippen molar-refractivity contribution in [3.05, 3.63) is 35.9 Å². The average molecular weight is 265 g/mol. The van der Waals surface area contributed by atoms with Crippen LogP contribution in [0, 0.1) is 0 Å². The second-order valence-corrected chi connectivity index (χ2v) is 4.75. The minimum Gasteiger partial charge on any atom is -0.445 e. The van der Waals surface area contributed by atoms with Gasteiger partial charge in [0.25, 0.3) is 0 Å². The molecule has 0 aromatic heterocycles. The largest absolute Gasteiger partial charge is 0.445 e. The van der Waals surface area contributed by atoms with Gasteiger partial charge in [-0.3, -0.25) is 0 Å². The van der Waals surface area contributed by atoms with Crippen molar-refractivity contribution >= 4 is 6.09 Å². The second-order valence-electron chi connectivity index (χ2n) is 4.75. The maximum atomic E-state index is 12.0. The van der Waals surface area contributed by atoms with Crippen molar-refractivity contribution in [2.24, 2.45) is 0 Å². The lowest BCUT2D eigenvalue weighted by molar-refractivity contribution is 0.0839. The molecule has 1 aromatic rings. The fraction of sp³-hybridized carbons (Fsp3) is 0.500. The predicted octanol–water partition coefficient (Wildman–Crippen LogP) is 1.14. The molecule has 0 spiro atoms. The molecular formula is C14H19NO4. The molecule has 1 unspecified atom stereocenters. The number of amides is 1. The maximum Gasteiger partial charge on any atom is 0.410 e. The monoisotopic (exact) mass is 265 g/mol. The minimum absolute atomic E-state index is 0.000147. The lowest BCUT2D eigenvalue weighted by atomic mass is 10.1. The van der Waals surface area contributed by atoms with Crippen LogP contribution in [0.3, 0.4) is 0 Å². The Morgan fingerprint density at radius 1 is 1.37 bits per heavy atom. The van der Waals surface area contributed by atoms with Gasteiger partial charge in [0.15, 0.2) is 0 Å². The fourth-order valence-corrected chi connectivity index (χ4v) is 2.34. The van der Waals surface area contributed by atoms with Crippen molar-refractivity contribution < 1.29 is 19.7 Å². The third-order valence-corrected chi connectivity index (χ3v) is 3.29. The van der Waals surface area contributed by atoms with E-state index in [9.17, 15) is 9.90 Å². The first kappa shape index (κ1) is 13.8. The van der Waals surface area contributed by atoms with Gasteiger partial charge in [-0.15, -0.1) is 0 Å². The van der Waals surface area contributed by atoms with Crippen LogP contribution < -0.4 is 0 Å². The highest BCUT2D eigenvalue weighted by molar-refractivity contribution is 5.68. The van der Waals surface area contributed by atoms with Crippen LogP contribution in [-0.2, 0) is 11.3 Å². The molecule has 1 aliphatic rings. The van der Waals surface area contributed by atoms with Gasteiger partial charge in [0, 0.05) is 12.6 Å². The number of β-amino-alcohol motifs (C(OH)–C–C–N with tert-alkyl or cyclic N) is 1. The van der Waals surface area contributed by atoms with Gasteiger partial charge < -0.3 is 19.8 Å². The second kappa shape index (κ2) is 6.54. The van der Waals surface area contributed by atoms with E-state index in [0.717, 1.165) is 5.56 Å². The number of rotatable bonds is 4. The fourth-order valence-electron chi connectivity index (χ4n) is 2.34. The zero-order valence-corrected chi connectivity index (χ0v) is 10.7. The Morgan fingerprint density at radius 3 is 2.79 bits per heavy atom. The molecule has 0 bridgehead atoms. The number of hydrogen-bond donors (Lipinski definition) is 2. The van der Waals surface area contributed by atoms with Gasteiger partial charge in [-0.2, -0.15) is 0 Å². The van der Waals surface area contributed by atoms with E-state index >= 15 is 0 Å². The molecule has 104 valence electrons. The van der Waals surface area contributed by atoms with Gasteiger partial charge in [0.1, 0.15) is 6.61 Å². The van der Waals surface area contributed by atoms with Gasteiger partial charge in [0.05, 0.1) is 12.6 Å². The standard InChI is InChI=1S/C14H19NO4/c16-7-6-12-8-13(17)9-15(12)14(18)19-10-11-4-2-1-3-5-11/h1-5,12-13,16-17H,6-10H2/t12?,13-/m1/s1. The molecule has 0 aliphatic carbocycles. The molecule has 1 heterocycles. The summed E-state index contributed by atoms with van der Waals surface area (Å²) in [4.78, 5) is 13.5. The topological polar surface area (TPSA) is 70.0 Å². The molecule has 1 amide bonds. The molecular weight excluding hydrogens is 246 g/mol. The Kier molecular flexibility index (Phi) is 4.76. The SMILES string of the molecule is O=C(OCc1ccccc1)N1C[C@H](O)CC1CCO. The third kappa shape index (κ3) is 3.68. The van der Waals surface area contributed by atoms with E-state index in [1.165, 1.54) is 4.90 Å². The summed E-state index contributed by atoms with van der Waals surface area (Å²) in [6, 6.07) is 9.31. The summed E-state index contributed by atoms with van der Waals surface area (Å²) >= 11 is 0. The highest BCUT2D eigenvalue weighted by atomic mass is 16.6. The summed E-state index contributed by atoms with van der Waals surface area (Å²) in [6.07, 6.45) is 0.0121. The molecule has 0 saturated carbocycles. The van der Waals surface area contributed by atoms with Gasteiger partial charge in [0.2, 0.25) is 0 Å². The first-order valence-electron chi connectivity index (χ1n) is 6.47. The molecule has 1 aromatic carbocycles. The maximum absolute atomic E-state index is 12.0. The Bertz CT molecular complexity index is 409. The Morgan fingerprint density at radius 2 is 2.11 bits per heavy atom. The number of hydrogen-bond acceptors (Lipinski definition) is 4. The molecule has 19 heavy (non-hydrogen) atoms. The summed E-state index contributed by atoms with van der Waals surface area (Å²) < 4.78 is 5.23. The van der Waals surface area contributed by atoms with E-state index in [2.05, 4.69) is 0 Å². The molecule has 2 atom stereocenters. The summed E-state index contributed by atoms with van der Waals surface area (Å²) in [7, 11) is 0. The highest BCUT2D eigenvalue weighted by Gasteiger charge is 2.34. The molecule has 5 nitrogen and oxygen atoms in total. The number of aliphatic hydroxyl groups excluding tert-OH is 2. The van der Waals surface area contributed by atoms with E-state index in [0.29, 0.717) is 12.8 Å². The summed E-state index contributed by atoms with van der Waals surface area (Å²) in [5, 5.41) is 18.6. The van der Waals surface area contributed by atoms with Gasteiger partial charge in [-0.1, -0.05) is 30.3 Å². The number of carbonyl (C=O) groups excluding carboxylic acids is 1. The van der Waals surface area contributed by atoms with Crippen LogP contribution in [0.25, 0.3) is 0 Å². The number of likely N-dealkylation sites (tertiary alicyclic amines) is 1. The molecule has 2 rings (SSSR count). The van der Waals surface area contributed by atoms with Crippen LogP contribution in [0.15, 0.2) is 30.3 Å². The Hall–Kier alpha value is -1.59. The van der Waals surface area contributed by atoms with Crippen molar-refractivity contribution in [1.29, 1.82) is 0 Å². The first-order chi connectivity index (χ1) is 9.20. The predicted molar refractivity (Wildman–Crippen MR) is 69.4 cm³/mol. The van der Waals surface area contributed by atoms with Crippen molar-refractivity contribution in [1.82, 2.24) is 4.90 Å². The van der Waals surface area contributed by atoms with E-state index in [1.54, 1.807) is 0 Å². The van der Waals surface area contributed by atoms with Crippen LogP contribution >= 0.6 is 0 Å². The van der Waals surface area contributed by atoms with Crippen molar-refractivity contribution in [2.45, 2.75) is 31.6 Å². The summed E-state index contributed by atoms with van der Waals surface area (Å²) in [5.74, 6) is 0. The number of benzene rings is 1. The molecule has 0 radical (unpaired) electrons. The quantitative estimate of drug-likeness (QED) is 0.856. The lowest BCUT2D eigenvalue weighted by Gasteiger charge is -2.23. The Balaban J connectivity index is 1.88. The number of aliphatic hydroxyl groups is 2. The van der Waals surface area contributed by atoms with Crippen LogP contribution in [0.2, 0.25) is 0 Å². The van der Waals surface area contributed by atoms with Crippen molar-refractivity contribution in [3.8, 4) is 0 Å². The van der Waals surface area contributed by atoms with E-state index < -0.39 is 12.2 Å². The number of carbonyl (C=O) groups is 1. The van der Waals surface area contributed by atoms with Crippen LogP contribution in [-0.4, -0.2) is 46.5 Å². The van der Waals surface area contributed by atoms with E-state index in [1.807, 2.05) is 30.3 Å². The Labute approximate surface area is 112 Å². The molecule has 1 fully saturated rings. The van der Waals surface area contributed by atoms with Crippen molar-refractivity contribution in [3.63, 3.8) is 0 Å². The van der Waals surface area contributed by atoms with Gasteiger partial charge >= 0.3 is 6.09 Å². The van der Waals surface area contributed by atoms with Crippen LogP contribution in [0.1, 0.15) is 18.4 Å².